The third kappa shape index (κ3) is 2.71. The molecule has 1 aromatic carbocycles. The van der Waals surface area contributed by atoms with Crippen molar-refractivity contribution in [1.29, 1.82) is 0 Å². The summed E-state index contributed by atoms with van der Waals surface area (Å²) < 4.78 is 0. The number of hydrogen-bond donors (Lipinski definition) is 0. The van der Waals surface area contributed by atoms with Gasteiger partial charge in [0.15, 0.2) is 0 Å². The molecule has 0 unspecified atom stereocenters. The third-order valence-electron chi connectivity index (χ3n) is 4.09. The second-order valence-electron chi connectivity index (χ2n) is 5.95. The molecule has 0 saturated carbocycles. The van der Waals surface area contributed by atoms with E-state index in [1.165, 1.54) is 18.5 Å². The summed E-state index contributed by atoms with van der Waals surface area (Å²) in [6, 6.07) is 12.4. The van der Waals surface area contributed by atoms with E-state index in [2.05, 4.69) is 62.9 Å². The molecule has 1 nitrogen and oxygen atoms in total. The highest BCUT2D eigenvalue weighted by Crippen LogP contribution is 2.35. The lowest BCUT2D eigenvalue weighted by Crippen LogP contribution is -2.38. The normalized spacial score (nSPS) is 26.0. The maximum atomic E-state index is 2.68. The van der Waals surface area contributed by atoms with Gasteiger partial charge in [0.25, 0.3) is 0 Å². The monoisotopic (exact) mass is 231 g/mol. The van der Waals surface area contributed by atoms with Crippen molar-refractivity contribution in [2.75, 3.05) is 6.54 Å². The number of hydrogen-bond acceptors (Lipinski definition) is 1. The van der Waals surface area contributed by atoms with E-state index in [-0.39, 0.29) is 0 Å². The molecule has 2 rings (SSSR count). The van der Waals surface area contributed by atoms with Crippen LogP contribution in [0, 0.1) is 5.92 Å². The van der Waals surface area contributed by atoms with E-state index < -0.39 is 0 Å². The van der Waals surface area contributed by atoms with Crippen molar-refractivity contribution >= 4 is 0 Å². The highest BCUT2D eigenvalue weighted by Gasteiger charge is 2.35. The molecule has 1 aromatic rings. The number of nitrogens with zero attached hydrogens (tertiary/aromatic N) is 1. The predicted octanol–water partition coefficient (Wildman–Crippen LogP) is 3.91. The Balaban J connectivity index is 2.14. The summed E-state index contributed by atoms with van der Waals surface area (Å²) in [5.74, 6) is 1.48. The standard InChI is InChI=1S/C16H25N/c1-12(2)16-10-15(11-17(16)13(3)4)14-8-6-5-7-9-14/h5-9,12-13,15-16H,10-11H2,1-4H3/t15-,16+/m1/s1. The van der Waals surface area contributed by atoms with Gasteiger partial charge < -0.3 is 0 Å². The molecule has 1 aliphatic rings. The van der Waals surface area contributed by atoms with Gasteiger partial charge in [-0.15, -0.1) is 0 Å². The number of rotatable bonds is 3. The predicted molar refractivity (Wildman–Crippen MR) is 74.3 cm³/mol. The zero-order chi connectivity index (χ0) is 12.4. The molecule has 17 heavy (non-hydrogen) atoms. The molecule has 0 spiro atoms. The Hall–Kier alpha value is -0.820. The van der Waals surface area contributed by atoms with Crippen LogP contribution in [0.1, 0.15) is 45.6 Å². The topological polar surface area (TPSA) is 3.24 Å². The Morgan fingerprint density at radius 1 is 1.06 bits per heavy atom. The Labute approximate surface area is 106 Å². The molecule has 94 valence electrons. The minimum atomic E-state index is 0.663. The fourth-order valence-corrected chi connectivity index (χ4v) is 3.11. The molecule has 0 bridgehead atoms. The largest absolute Gasteiger partial charge is 0.297 e. The zero-order valence-corrected chi connectivity index (χ0v) is 11.6. The van der Waals surface area contributed by atoms with Crippen LogP contribution in [0.4, 0.5) is 0 Å². The Morgan fingerprint density at radius 2 is 1.71 bits per heavy atom. The Morgan fingerprint density at radius 3 is 2.18 bits per heavy atom. The van der Waals surface area contributed by atoms with Crippen LogP contribution < -0.4 is 0 Å². The minimum Gasteiger partial charge on any atom is -0.297 e. The zero-order valence-electron chi connectivity index (χ0n) is 11.6. The minimum absolute atomic E-state index is 0.663. The van der Waals surface area contributed by atoms with Gasteiger partial charge >= 0.3 is 0 Å². The summed E-state index contributed by atoms with van der Waals surface area (Å²) >= 11 is 0. The lowest BCUT2D eigenvalue weighted by atomic mass is 9.92. The first-order valence-corrected chi connectivity index (χ1v) is 6.90. The van der Waals surface area contributed by atoms with E-state index in [1.54, 1.807) is 0 Å². The van der Waals surface area contributed by atoms with Gasteiger partial charge in [0.1, 0.15) is 0 Å². The summed E-state index contributed by atoms with van der Waals surface area (Å²) in [5, 5.41) is 0. The van der Waals surface area contributed by atoms with Gasteiger partial charge in [-0.05, 0) is 37.7 Å². The average Bonchev–Trinajstić information content (AvgIpc) is 2.75. The molecule has 0 aromatic heterocycles. The molecule has 2 atom stereocenters. The quantitative estimate of drug-likeness (QED) is 0.762. The van der Waals surface area contributed by atoms with Crippen LogP contribution >= 0.6 is 0 Å². The van der Waals surface area contributed by atoms with Gasteiger partial charge in [0, 0.05) is 18.6 Å². The van der Waals surface area contributed by atoms with Gasteiger partial charge in [0.05, 0.1) is 0 Å². The van der Waals surface area contributed by atoms with Crippen LogP contribution in [0.3, 0.4) is 0 Å². The molecular weight excluding hydrogens is 206 g/mol. The molecular formula is C16H25N. The van der Waals surface area contributed by atoms with Crippen molar-refractivity contribution in [3.05, 3.63) is 35.9 Å². The van der Waals surface area contributed by atoms with Crippen LogP contribution in [0.25, 0.3) is 0 Å². The Bertz CT molecular complexity index is 326. The molecule has 0 N–H and O–H groups in total. The lowest BCUT2D eigenvalue weighted by molar-refractivity contribution is 0.165. The summed E-state index contributed by atoms with van der Waals surface area (Å²) in [6.45, 7) is 10.6. The Kier molecular flexibility index (Phi) is 3.88. The maximum Gasteiger partial charge on any atom is 0.0127 e. The van der Waals surface area contributed by atoms with Crippen molar-refractivity contribution in [3.63, 3.8) is 0 Å². The van der Waals surface area contributed by atoms with Crippen LogP contribution in [-0.4, -0.2) is 23.5 Å². The van der Waals surface area contributed by atoms with E-state index in [0.29, 0.717) is 6.04 Å². The second-order valence-corrected chi connectivity index (χ2v) is 5.95. The fraction of sp³-hybridized carbons (Fsp3) is 0.625. The van der Waals surface area contributed by atoms with E-state index in [0.717, 1.165) is 17.9 Å². The van der Waals surface area contributed by atoms with E-state index >= 15 is 0 Å². The van der Waals surface area contributed by atoms with Crippen molar-refractivity contribution in [3.8, 4) is 0 Å². The molecule has 0 amide bonds. The highest BCUT2D eigenvalue weighted by molar-refractivity contribution is 5.22. The van der Waals surface area contributed by atoms with Gasteiger partial charge in [-0.2, -0.15) is 0 Å². The van der Waals surface area contributed by atoms with Gasteiger partial charge in [0.2, 0.25) is 0 Å². The summed E-state index contributed by atoms with van der Waals surface area (Å²) in [6.07, 6.45) is 1.32. The SMILES string of the molecule is CC(C)[C@@H]1C[C@@H](c2ccccc2)CN1C(C)C. The number of likely N-dealkylation sites (tertiary alicyclic amines) is 1. The lowest BCUT2D eigenvalue weighted by Gasteiger charge is -2.30. The van der Waals surface area contributed by atoms with Crippen LogP contribution in [0.15, 0.2) is 30.3 Å². The second kappa shape index (κ2) is 5.22. The first-order chi connectivity index (χ1) is 8.09. The molecule has 1 heterocycles. The van der Waals surface area contributed by atoms with Crippen LogP contribution in [0.2, 0.25) is 0 Å². The van der Waals surface area contributed by atoms with Crippen molar-refractivity contribution in [2.24, 2.45) is 5.92 Å². The number of benzene rings is 1. The first kappa shape index (κ1) is 12.6. The van der Waals surface area contributed by atoms with Gasteiger partial charge in [-0.3, -0.25) is 4.90 Å². The smallest absolute Gasteiger partial charge is 0.0127 e. The fourth-order valence-electron chi connectivity index (χ4n) is 3.11. The van der Waals surface area contributed by atoms with Gasteiger partial charge in [-0.1, -0.05) is 44.2 Å². The summed E-state index contributed by atoms with van der Waals surface area (Å²) in [4.78, 5) is 2.68. The van der Waals surface area contributed by atoms with Crippen molar-refractivity contribution in [1.82, 2.24) is 4.90 Å². The molecule has 1 aliphatic heterocycles. The molecule has 0 radical (unpaired) electrons. The highest BCUT2D eigenvalue weighted by atomic mass is 15.2. The van der Waals surface area contributed by atoms with Crippen LogP contribution in [0.5, 0.6) is 0 Å². The van der Waals surface area contributed by atoms with E-state index in [9.17, 15) is 0 Å². The average molecular weight is 231 g/mol. The summed E-state index contributed by atoms with van der Waals surface area (Å²) in [7, 11) is 0. The van der Waals surface area contributed by atoms with Gasteiger partial charge in [-0.25, -0.2) is 0 Å². The first-order valence-electron chi connectivity index (χ1n) is 6.90. The molecule has 1 heteroatoms. The van der Waals surface area contributed by atoms with E-state index in [1.807, 2.05) is 0 Å². The molecule has 1 fully saturated rings. The third-order valence-corrected chi connectivity index (χ3v) is 4.09. The van der Waals surface area contributed by atoms with E-state index in [4.69, 9.17) is 0 Å². The summed E-state index contributed by atoms with van der Waals surface area (Å²) in [5.41, 5.74) is 1.52. The van der Waals surface area contributed by atoms with Crippen LogP contribution in [-0.2, 0) is 0 Å². The molecule has 1 saturated heterocycles. The van der Waals surface area contributed by atoms with Crippen molar-refractivity contribution < 1.29 is 0 Å². The molecule has 0 aliphatic carbocycles. The van der Waals surface area contributed by atoms with Crippen molar-refractivity contribution in [2.45, 2.75) is 52.1 Å². The maximum absolute atomic E-state index is 2.68.